The average Bonchev–Trinajstić information content (AvgIpc) is 2.68. The van der Waals surface area contributed by atoms with Crippen LogP contribution in [0.2, 0.25) is 0 Å². The molecule has 0 unspecified atom stereocenters. The number of amides is 1. The van der Waals surface area contributed by atoms with Crippen LogP contribution < -0.4 is 5.73 Å². The van der Waals surface area contributed by atoms with Gasteiger partial charge in [0.25, 0.3) is 5.91 Å². The maximum atomic E-state index is 10.9. The van der Waals surface area contributed by atoms with Gasteiger partial charge in [0.1, 0.15) is 5.69 Å². The summed E-state index contributed by atoms with van der Waals surface area (Å²) in [7, 11) is 0. The Morgan fingerprint density at radius 1 is 1.50 bits per heavy atom. The smallest absolute Gasteiger partial charge is 0.268 e. The Bertz CT molecular complexity index is 331. The van der Waals surface area contributed by atoms with Gasteiger partial charge < -0.3 is 5.73 Å². The van der Waals surface area contributed by atoms with Gasteiger partial charge in [-0.3, -0.25) is 4.79 Å². The van der Waals surface area contributed by atoms with Crippen LogP contribution in [0.5, 0.6) is 0 Å². The molecule has 2 heterocycles. The maximum absolute atomic E-state index is 10.9. The van der Waals surface area contributed by atoms with Gasteiger partial charge in [-0.25, -0.2) is 4.98 Å². The molecule has 1 aliphatic heterocycles. The topological polar surface area (TPSA) is 56.0 Å². The molecule has 76 valence electrons. The lowest BCUT2D eigenvalue weighted by Crippen LogP contribution is -2.12. The molecule has 2 rings (SSSR count). The van der Waals surface area contributed by atoms with E-state index in [1.165, 1.54) is 24.3 Å². The number of primary amides is 1. The van der Waals surface area contributed by atoms with Crippen LogP contribution in [0.25, 0.3) is 0 Å². The lowest BCUT2D eigenvalue weighted by atomic mass is 10.0. The molecule has 1 aliphatic rings. The van der Waals surface area contributed by atoms with Gasteiger partial charge in [-0.15, -0.1) is 11.3 Å². The molecule has 1 fully saturated rings. The highest BCUT2D eigenvalue weighted by Crippen LogP contribution is 2.32. The van der Waals surface area contributed by atoms with Crippen LogP contribution in [-0.2, 0) is 0 Å². The molecule has 3 nitrogen and oxygen atoms in total. The van der Waals surface area contributed by atoms with Crippen LogP contribution >= 0.6 is 23.1 Å². The van der Waals surface area contributed by atoms with Crippen LogP contribution in [0.3, 0.4) is 0 Å². The van der Waals surface area contributed by atoms with Crippen molar-refractivity contribution in [3.63, 3.8) is 0 Å². The Balaban J connectivity index is 2.11. The first-order valence-electron chi connectivity index (χ1n) is 4.60. The summed E-state index contributed by atoms with van der Waals surface area (Å²) in [4.78, 5) is 15.1. The highest BCUT2D eigenvalue weighted by molar-refractivity contribution is 7.99. The minimum atomic E-state index is -0.419. The largest absolute Gasteiger partial charge is 0.364 e. The molecule has 1 aromatic rings. The predicted octanol–water partition coefficient (Wildman–Crippen LogP) is 1.85. The Hall–Kier alpha value is -0.550. The Morgan fingerprint density at radius 2 is 2.21 bits per heavy atom. The maximum Gasteiger partial charge on any atom is 0.268 e. The summed E-state index contributed by atoms with van der Waals surface area (Å²) in [6, 6.07) is 0. The van der Waals surface area contributed by atoms with Gasteiger partial charge in [0.2, 0.25) is 0 Å². The molecule has 5 heteroatoms. The first kappa shape index (κ1) is 9.98. The second kappa shape index (κ2) is 4.31. The van der Waals surface area contributed by atoms with E-state index in [0.29, 0.717) is 11.6 Å². The van der Waals surface area contributed by atoms with E-state index in [0.717, 1.165) is 5.01 Å². The van der Waals surface area contributed by atoms with Crippen LogP contribution in [0, 0.1) is 0 Å². The Labute approximate surface area is 91.1 Å². The van der Waals surface area contributed by atoms with Gasteiger partial charge >= 0.3 is 0 Å². The van der Waals surface area contributed by atoms with E-state index in [4.69, 9.17) is 5.73 Å². The van der Waals surface area contributed by atoms with Crippen molar-refractivity contribution in [2.75, 3.05) is 11.5 Å². The Morgan fingerprint density at radius 3 is 2.79 bits per heavy atom. The van der Waals surface area contributed by atoms with Crippen LogP contribution in [0.15, 0.2) is 5.38 Å². The number of aromatic nitrogens is 1. The summed E-state index contributed by atoms with van der Waals surface area (Å²) in [6.07, 6.45) is 2.35. The first-order valence-corrected chi connectivity index (χ1v) is 6.64. The summed E-state index contributed by atoms with van der Waals surface area (Å²) >= 11 is 3.55. The van der Waals surface area contributed by atoms with Gasteiger partial charge in [-0.05, 0) is 24.3 Å². The van der Waals surface area contributed by atoms with Crippen LogP contribution in [0.1, 0.15) is 34.3 Å². The summed E-state index contributed by atoms with van der Waals surface area (Å²) in [5.74, 6) is 2.54. The number of hydrogen-bond acceptors (Lipinski definition) is 4. The number of thiazole rings is 1. The second-order valence-corrected chi connectivity index (χ2v) is 5.44. The molecule has 0 atom stereocenters. The van der Waals surface area contributed by atoms with Crippen molar-refractivity contribution in [2.24, 2.45) is 5.73 Å². The number of rotatable bonds is 2. The molecule has 0 bridgehead atoms. The summed E-state index contributed by atoms with van der Waals surface area (Å²) in [5, 5.41) is 2.85. The fraction of sp³-hybridized carbons (Fsp3) is 0.556. The molecule has 0 aromatic carbocycles. The van der Waals surface area contributed by atoms with Crippen molar-refractivity contribution in [1.29, 1.82) is 0 Å². The predicted molar refractivity (Wildman–Crippen MR) is 59.9 cm³/mol. The normalized spacial score (nSPS) is 18.3. The molecular formula is C9H12N2OS2. The number of thioether (sulfide) groups is 1. The molecule has 1 saturated heterocycles. The number of nitrogens with zero attached hydrogens (tertiary/aromatic N) is 1. The zero-order chi connectivity index (χ0) is 9.97. The third kappa shape index (κ3) is 2.09. The van der Waals surface area contributed by atoms with Crippen molar-refractivity contribution < 1.29 is 4.79 Å². The van der Waals surface area contributed by atoms with E-state index in [2.05, 4.69) is 4.98 Å². The number of nitrogens with two attached hydrogens (primary N) is 1. The minimum absolute atomic E-state index is 0.419. The number of carbonyl (C=O) groups excluding carboxylic acids is 1. The number of carbonyl (C=O) groups is 1. The van der Waals surface area contributed by atoms with Gasteiger partial charge in [-0.2, -0.15) is 11.8 Å². The molecule has 1 aromatic heterocycles. The van der Waals surface area contributed by atoms with E-state index in [9.17, 15) is 4.79 Å². The van der Waals surface area contributed by atoms with Gasteiger partial charge in [0, 0.05) is 11.3 Å². The van der Waals surface area contributed by atoms with Crippen molar-refractivity contribution in [3.05, 3.63) is 16.1 Å². The van der Waals surface area contributed by atoms with Crippen molar-refractivity contribution >= 4 is 29.0 Å². The third-order valence-corrected chi connectivity index (χ3v) is 4.40. The Kier molecular flexibility index (Phi) is 3.08. The first-order chi connectivity index (χ1) is 6.77. The summed E-state index contributed by atoms with van der Waals surface area (Å²) < 4.78 is 0. The molecule has 0 spiro atoms. The molecule has 0 saturated carbocycles. The van der Waals surface area contributed by atoms with Crippen molar-refractivity contribution in [3.8, 4) is 0 Å². The molecule has 1 amide bonds. The molecule has 14 heavy (non-hydrogen) atoms. The van der Waals surface area contributed by atoms with Gasteiger partial charge in [0.05, 0.1) is 5.01 Å². The van der Waals surface area contributed by atoms with Crippen molar-refractivity contribution in [1.82, 2.24) is 4.98 Å². The lowest BCUT2D eigenvalue weighted by molar-refractivity contribution is 0.0996. The van der Waals surface area contributed by atoms with E-state index in [1.807, 2.05) is 11.8 Å². The number of hydrogen-bond donors (Lipinski definition) is 1. The monoisotopic (exact) mass is 228 g/mol. The second-order valence-electron chi connectivity index (χ2n) is 3.32. The fourth-order valence-electron chi connectivity index (χ4n) is 1.53. The SMILES string of the molecule is NC(=O)c1csc(C2CCSCC2)n1. The quantitative estimate of drug-likeness (QED) is 0.840. The van der Waals surface area contributed by atoms with E-state index in [1.54, 1.807) is 16.7 Å². The lowest BCUT2D eigenvalue weighted by Gasteiger charge is -2.18. The summed E-state index contributed by atoms with van der Waals surface area (Å²) in [6.45, 7) is 0. The van der Waals surface area contributed by atoms with Crippen LogP contribution in [-0.4, -0.2) is 22.4 Å². The highest BCUT2D eigenvalue weighted by atomic mass is 32.2. The molecule has 0 radical (unpaired) electrons. The van der Waals surface area contributed by atoms with E-state index < -0.39 is 5.91 Å². The molecule has 2 N–H and O–H groups in total. The van der Waals surface area contributed by atoms with Crippen molar-refractivity contribution in [2.45, 2.75) is 18.8 Å². The van der Waals surface area contributed by atoms with E-state index in [-0.39, 0.29) is 0 Å². The van der Waals surface area contributed by atoms with Gasteiger partial charge in [0.15, 0.2) is 0 Å². The van der Waals surface area contributed by atoms with E-state index >= 15 is 0 Å². The average molecular weight is 228 g/mol. The molecule has 0 aliphatic carbocycles. The van der Waals surface area contributed by atoms with Crippen LogP contribution in [0.4, 0.5) is 0 Å². The standard InChI is InChI=1S/C9H12N2OS2/c10-8(12)7-5-14-9(11-7)6-1-3-13-4-2-6/h5-6H,1-4H2,(H2,10,12). The summed E-state index contributed by atoms with van der Waals surface area (Å²) in [5.41, 5.74) is 5.58. The highest BCUT2D eigenvalue weighted by Gasteiger charge is 2.19. The third-order valence-electron chi connectivity index (χ3n) is 2.34. The minimum Gasteiger partial charge on any atom is -0.364 e. The fourth-order valence-corrected chi connectivity index (χ4v) is 3.62. The molecular weight excluding hydrogens is 216 g/mol. The zero-order valence-corrected chi connectivity index (χ0v) is 9.37. The van der Waals surface area contributed by atoms with Gasteiger partial charge in [-0.1, -0.05) is 0 Å². The zero-order valence-electron chi connectivity index (χ0n) is 7.73.